The molecule has 8 nitrogen and oxygen atoms in total. The minimum Gasteiger partial charge on any atom is -0.465 e. The predicted octanol–water partition coefficient (Wildman–Crippen LogP) is 1.09. The average molecular weight is 302 g/mol. The van der Waals surface area contributed by atoms with Crippen LogP contribution in [0.3, 0.4) is 0 Å². The lowest BCUT2D eigenvalue weighted by Crippen LogP contribution is -2.44. The van der Waals surface area contributed by atoms with Crippen LogP contribution < -0.4 is 16.0 Å². The van der Waals surface area contributed by atoms with E-state index in [1.807, 2.05) is 22.8 Å². The molecule has 2 aromatic rings. The molecule has 0 saturated carbocycles. The molecule has 1 aliphatic rings. The number of carboxylic acid groups (broad SMARTS) is 1. The first-order chi connectivity index (χ1) is 10.6. The molecule has 1 saturated heterocycles. The maximum atomic E-state index is 10.7. The maximum absolute atomic E-state index is 10.7. The zero-order valence-electron chi connectivity index (χ0n) is 12.0. The molecular formula is C14H18N6O2. The van der Waals surface area contributed by atoms with Crippen molar-refractivity contribution in [3.63, 3.8) is 0 Å². The van der Waals surface area contributed by atoms with Gasteiger partial charge in [0.05, 0.1) is 11.4 Å². The highest BCUT2D eigenvalue weighted by Crippen LogP contribution is 2.29. The summed E-state index contributed by atoms with van der Waals surface area (Å²) in [5.41, 5.74) is 8.54. The number of amides is 1. The van der Waals surface area contributed by atoms with Gasteiger partial charge in [-0.3, -0.25) is 4.57 Å². The number of rotatable bonds is 3. The number of anilines is 2. The predicted molar refractivity (Wildman–Crippen MR) is 82.2 cm³/mol. The van der Waals surface area contributed by atoms with Crippen LogP contribution in [0.2, 0.25) is 0 Å². The monoisotopic (exact) mass is 302 g/mol. The Morgan fingerprint density at radius 2 is 1.91 bits per heavy atom. The van der Waals surface area contributed by atoms with Crippen LogP contribution in [0.25, 0.3) is 5.69 Å². The highest BCUT2D eigenvalue weighted by molar-refractivity contribution is 5.68. The van der Waals surface area contributed by atoms with E-state index in [1.54, 1.807) is 12.7 Å². The Bertz CT molecular complexity index is 649. The molecule has 1 fully saturated rings. The Kier molecular flexibility index (Phi) is 3.82. The first kappa shape index (κ1) is 14.2. The minimum atomic E-state index is -0.962. The van der Waals surface area contributed by atoms with Crippen molar-refractivity contribution in [3.05, 3.63) is 30.9 Å². The van der Waals surface area contributed by atoms with Gasteiger partial charge in [0.1, 0.15) is 12.7 Å². The molecule has 0 aliphatic carbocycles. The summed E-state index contributed by atoms with van der Waals surface area (Å²) in [6, 6.07) is 5.75. The normalized spacial score (nSPS) is 15.7. The molecule has 1 aromatic heterocycles. The first-order valence-electron chi connectivity index (χ1n) is 7.12. The van der Waals surface area contributed by atoms with Gasteiger partial charge < -0.3 is 21.1 Å². The summed E-state index contributed by atoms with van der Waals surface area (Å²) < 4.78 is 1.83. The van der Waals surface area contributed by atoms with Gasteiger partial charge in [0, 0.05) is 24.8 Å². The molecule has 1 amide bonds. The van der Waals surface area contributed by atoms with Gasteiger partial charge in [0.25, 0.3) is 0 Å². The molecular weight excluding hydrogens is 284 g/mol. The van der Waals surface area contributed by atoms with Gasteiger partial charge in [0.2, 0.25) is 0 Å². The lowest BCUT2D eigenvalue weighted by Gasteiger charge is -2.34. The van der Waals surface area contributed by atoms with E-state index in [2.05, 4.69) is 20.4 Å². The summed E-state index contributed by atoms with van der Waals surface area (Å²) in [4.78, 5) is 12.9. The molecule has 8 heteroatoms. The Morgan fingerprint density at radius 1 is 1.23 bits per heavy atom. The number of nitrogens with two attached hydrogens (primary N) is 1. The molecule has 0 unspecified atom stereocenters. The largest absolute Gasteiger partial charge is 0.465 e. The zero-order chi connectivity index (χ0) is 15.5. The molecule has 116 valence electrons. The summed E-state index contributed by atoms with van der Waals surface area (Å²) in [5, 5.41) is 19.0. The molecule has 3 rings (SSSR count). The first-order valence-corrected chi connectivity index (χ1v) is 7.12. The van der Waals surface area contributed by atoms with E-state index in [-0.39, 0.29) is 6.04 Å². The summed E-state index contributed by atoms with van der Waals surface area (Å²) in [5.74, 6) is 0. The van der Waals surface area contributed by atoms with Crippen LogP contribution in [0.1, 0.15) is 12.8 Å². The molecule has 22 heavy (non-hydrogen) atoms. The van der Waals surface area contributed by atoms with Crippen molar-refractivity contribution in [2.75, 3.05) is 23.7 Å². The van der Waals surface area contributed by atoms with Crippen LogP contribution in [-0.2, 0) is 0 Å². The van der Waals surface area contributed by atoms with Gasteiger partial charge in [-0.25, -0.2) is 4.79 Å². The van der Waals surface area contributed by atoms with Crippen molar-refractivity contribution in [1.29, 1.82) is 0 Å². The Balaban J connectivity index is 1.80. The molecule has 0 radical (unpaired) electrons. The number of nitrogens with zero attached hydrogens (tertiary/aromatic N) is 4. The number of piperidine rings is 1. The molecule has 1 aliphatic heterocycles. The summed E-state index contributed by atoms with van der Waals surface area (Å²) in [6.07, 6.45) is 3.86. The fraction of sp³-hybridized carbons (Fsp3) is 0.357. The second-order valence-electron chi connectivity index (χ2n) is 5.33. The van der Waals surface area contributed by atoms with E-state index >= 15 is 0 Å². The van der Waals surface area contributed by atoms with Crippen molar-refractivity contribution in [2.45, 2.75) is 18.9 Å². The van der Waals surface area contributed by atoms with Crippen LogP contribution in [-0.4, -0.2) is 45.1 Å². The quantitative estimate of drug-likeness (QED) is 0.732. The van der Waals surface area contributed by atoms with Crippen LogP contribution >= 0.6 is 0 Å². The second kappa shape index (κ2) is 5.92. The Hall–Kier alpha value is -2.77. The van der Waals surface area contributed by atoms with Crippen molar-refractivity contribution in [2.24, 2.45) is 0 Å². The molecule has 1 aromatic carbocycles. The number of hydrogen-bond acceptors (Lipinski definition) is 5. The number of benzene rings is 1. The van der Waals surface area contributed by atoms with Crippen LogP contribution in [0, 0.1) is 0 Å². The lowest BCUT2D eigenvalue weighted by molar-refractivity contribution is 0.187. The Morgan fingerprint density at radius 3 is 2.55 bits per heavy atom. The smallest absolute Gasteiger partial charge is 0.404 e. The number of nitrogens with one attached hydrogen (secondary N) is 1. The van der Waals surface area contributed by atoms with Gasteiger partial charge >= 0.3 is 6.09 Å². The highest BCUT2D eigenvalue weighted by atomic mass is 16.4. The fourth-order valence-electron chi connectivity index (χ4n) is 2.78. The molecule has 0 spiro atoms. The SMILES string of the molecule is Nc1ccc(N2CCC(NC(=O)O)CC2)c(-n2cnnc2)c1. The van der Waals surface area contributed by atoms with Crippen LogP contribution in [0.5, 0.6) is 0 Å². The van der Waals surface area contributed by atoms with Gasteiger partial charge in [-0.15, -0.1) is 10.2 Å². The van der Waals surface area contributed by atoms with Crippen molar-refractivity contribution in [3.8, 4) is 5.69 Å². The third-order valence-electron chi connectivity index (χ3n) is 3.86. The molecule has 0 bridgehead atoms. The summed E-state index contributed by atoms with van der Waals surface area (Å²) >= 11 is 0. The number of aromatic nitrogens is 3. The average Bonchev–Trinajstić information content (AvgIpc) is 3.02. The summed E-state index contributed by atoms with van der Waals surface area (Å²) in [6.45, 7) is 1.56. The van der Waals surface area contributed by atoms with E-state index in [4.69, 9.17) is 10.8 Å². The van der Waals surface area contributed by atoms with E-state index in [0.29, 0.717) is 5.69 Å². The number of nitrogen functional groups attached to an aromatic ring is 1. The second-order valence-corrected chi connectivity index (χ2v) is 5.33. The van der Waals surface area contributed by atoms with E-state index in [0.717, 1.165) is 37.3 Å². The highest BCUT2D eigenvalue weighted by Gasteiger charge is 2.22. The Labute approximate surface area is 127 Å². The van der Waals surface area contributed by atoms with Crippen molar-refractivity contribution < 1.29 is 9.90 Å². The van der Waals surface area contributed by atoms with E-state index in [9.17, 15) is 4.79 Å². The molecule has 2 heterocycles. The number of carbonyl (C=O) groups is 1. The zero-order valence-corrected chi connectivity index (χ0v) is 12.0. The fourth-order valence-corrected chi connectivity index (χ4v) is 2.78. The van der Waals surface area contributed by atoms with Gasteiger partial charge in [-0.05, 0) is 31.0 Å². The number of hydrogen-bond donors (Lipinski definition) is 3. The van der Waals surface area contributed by atoms with E-state index in [1.165, 1.54) is 0 Å². The van der Waals surface area contributed by atoms with Crippen LogP contribution in [0.15, 0.2) is 30.9 Å². The summed E-state index contributed by atoms with van der Waals surface area (Å²) in [7, 11) is 0. The van der Waals surface area contributed by atoms with Gasteiger partial charge in [-0.1, -0.05) is 0 Å². The maximum Gasteiger partial charge on any atom is 0.404 e. The topological polar surface area (TPSA) is 109 Å². The molecule has 4 N–H and O–H groups in total. The standard InChI is InChI=1S/C14H18N6O2/c15-10-1-2-12(13(7-10)20-8-16-17-9-20)19-5-3-11(4-6-19)18-14(21)22/h1-2,7-9,11,18H,3-6,15H2,(H,21,22). The third kappa shape index (κ3) is 2.95. The van der Waals surface area contributed by atoms with Gasteiger partial charge in [-0.2, -0.15) is 0 Å². The van der Waals surface area contributed by atoms with Crippen LogP contribution in [0.4, 0.5) is 16.2 Å². The van der Waals surface area contributed by atoms with Gasteiger partial charge in [0.15, 0.2) is 0 Å². The third-order valence-corrected chi connectivity index (χ3v) is 3.86. The minimum absolute atomic E-state index is 0.0147. The van der Waals surface area contributed by atoms with Crippen molar-refractivity contribution in [1.82, 2.24) is 20.1 Å². The molecule has 0 atom stereocenters. The van der Waals surface area contributed by atoms with Crippen molar-refractivity contribution >= 4 is 17.5 Å². The van der Waals surface area contributed by atoms with E-state index < -0.39 is 6.09 Å². The lowest BCUT2D eigenvalue weighted by atomic mass is 10.0.